The molecule has 0 fully saturated rings. The Hall–Kier alpha value is -13.5. The third-order valence-corrected chi connectivity index (χ3v) is 30.8. The molecule has 692 valence electrons. The molecular weight excluding hydrogens is 1700 g/mol. The van der Waals surface area contributed by atoms with E-state index >= 15 is 0 Å². The van der Waals surface area contributed by atoms with Gasteiger partial charge in [0.2, 0.25) is 0 Å². The summed E-state index contributed by atoms with van der Waals surface area (Å²) in [7, 11) is 0. The van der Waals surface area contributed by atoms with Crippen molar-refractivity contribution in [1.82, 2.24) is 14.1 Å². The Morgan fingerprint density at radius 1 is 0.438 bits per heavy atom. The monoisotopic (exact) mass is 1820 g/mol. The Bertz CT molecular complexity index is 7810. The van der Waals surface area contributed by atoms with E-state index in [1.54, 1.807) is 17.4 Å². The van der Waals surface area contributed by atoms with Gasteiger partial charge in [-0.15, -0.1) is 11.3 Å². The first-order valence-corrected chi connectivity index (χ1v) is 49.4. The van der Waals surface area contributed by atoms with Gasteiger partial charge in [-0.1, -0.05) is 262 Å². The lowest BCUT2D eigenvalue weighted by atomic mass is 9.69. The van der Waals surface area contributed by atoms with Gasteiger partial charge in [-0.3, -0.25) is 9.59 Å². The molecule has 0 saturated heterocycles. The normalized spacial score (nSPS) is 16.5. The second-order valence-electron chi connectivity index (χ2n) is 46.5. The number of nitrogens with zero attached hydrogens (tertiary/aromatic N) is 7. The van der Waals surface area contributed by atoms with Crippen LogP contribution in [0.3, 0.4) is 0 Å². The molecule has 13 aromatic carbocycles. The van der Waals surface area contributed by atoms with E-state index in [9.17, 15) is 19.6 Å². The van der Waals surface area contributed by atoms with Crippen molar-refractivity contribution in [3.05, 3.63) is 352 Å². The summed E-state index contributed by atoms with van der Waals surface area (Å²) < 4.78 is 17.5. The lowest BCUT2D eigenvalue weighted by Crippen LogP contribution is -2.44. The fraction of sp³-hybridized carbons (Fsp3) is 0.323. The summed E-state index contributed by atoms with van der Waals surface area (Å²) in [6.45, 7) is 64.6. The van der Waals surface area contributed by atoms with E-state index in [1.165, 1.54) is 99.0 Å². The number of para-hydroxylation sites is 5. The number of aromatic nitrogens is 3. The molecule has 17 aromatic rings. The van der Waals surface area contributed by atoms with Crippen LogP contribution in [-0.2, 0) is 48.1 Å². The maximum Gasteiger partial charge on any atom is 0.346 e. The number of thiazole rings is 1. The van der Waals surface area contributed by atoms with Gasteiger partial charge in [-0.05, 0) is 302 Å². The number of anilines is 2. The molecule has 0 spiro atoms. The predicted molar refractivity (Wildman–Crippen MR) is 578 cm³/mol. The highest BCUT2D eigenvalue weighted by atomic mass is 32.1. The summed E-state index contributed by atoms with van der Waals surface area (Å²) in [5, 5.41) is 24.8. The molecule has 13 heteroatoms. The zero-order chi connectivity index (χ0) is 97.2. The molecule has 0 aliphatic carbocycles. The highest BCUT2D eigenvalue weighted by Crippen LogP contribution is 2.55. The van der Waals surface area contributed by atoms with Crippen molar-refractivity contribution in [1.29, 1.82) is 5.26 Å². The minimum absolute atomic E-state index is 0.0408. The Kier molecular flexibility index (Phi) is 22.6. The molecule has 137 heavy (non-hydrogen) atoms. The van der Waals surface area contributed by atoms with Gasteiger partial charge in [0, 0.05) is 86.8 Å². The molecule has 0 atom stereocenters. The summed E-state index contributed by atoms with van der Waals surface area (Å²) in [5.74, 6) is 1.39. The van der Waals surface area contributed by atoms with E-state index in [4.69, 9.17) is 20.7 Å². The highest BCUT2D eigenvalue weighted by molar-refractivity contribution is 7.21. The van der Waals surface area contributed by atoms with Gasteiger partial charge in [-0.25, -0.2) is 19.9 Å². The first-order valence-electron chi connectivity index (χ1n) is 48.6. The van der Waals surface area contributed by atoms with Crippen LogP contribution in [0.2, 0.25) is 0 Å². The third-order valence-electron chi connectivity index (χ3n) is 29.7. The molecule has 22 rings (SSSR count). The van der Waals surface area contributed by atoms with Gasteiger partial charge < -0.3 is 28.1 Å². The molecule has 5 aliphatic rings. The van der Waals surface area contributed by atoms with Crippen LogP contribution in [0.5, 0.6) is 0 Å². The molecule has 0 bridgehead atoms. The average Bonchev–Trinajstić information content (AvgIpc) is 0.900. The lowest BCUT2D eigenvalue weighted by molar-refractivity contribution is 0.223. The Balaban J connectivity index is 0.000000117. The number of hydrogen-bond acceptors (Lipinski definition) is 10. The van der Waals surface area contributed by atoms with E-state index in [2.05, 4.69) is 256 Å². The lowest BCUT2D eigenvalue weighted by Gasteiger charge is -2.48. The van der Waals surface area contributed by atoms with Crippen molar-refractivity contribution in [3.63, 3.8) is 0 Å². The molecule has 0 amide bonds. The smallest absolute Gasteiger partial charge is 0.346 e. The van der Waals surface area contributed by atoms with E-state index in [1.807, 2.05) is 170 Å². The Morgan fingerprint density at radius 3 is 1.28 bits per heavy atom. The Morgan fingerprint density at radius 2 is 0.854 bits per heavy atom. The van der Waals surface area contributed by atoms with Crippen molar-refractivity contribution in [2.24, 2.45) is 5.41 Å². The molecule has 4 aromatic heterocycles. The van der Waals surface area contributed by atoms with Crippen LogP contribution in [0.4, 0.5) is 11.4 Å². The number of rotatable bonds is 5. The number of nitriles is 1. The second kappa shape index (κ2) is 33.5. The van der Waals surface area contributed by atoms with Crippen LogP contribution >= 0.6 is 11.3 Å². The van der Waals surface area contributed by atoms with Crippen LogP contribution in [0, 0.1) is 23.3 Å². The quantitative estimate of drug-likeness (QED) is 0.0543. The average molecular weight is 1830 g/mol. The molecule has 0 unspecified atom stereocenters. The van der Waals surface area contributed by atoms with E-state index in [0.717, 1.165) is 112 Å². The van der Waals surface area contributed by atoms with Crippen molar-refractivity contribution in [3.8, 4) is 28.0 Å². The minimum atomic E-state index is -0.300. The fourth-order valence-corrected chi connectivity index (χ4v) is 22.2. The maximum absolute atomic E-state index is 13.8. The maximum atomic E-state index is 13.8. The number of benzene rings is 13. The molecule has 9 heterocycles. The van der Waals surface area contributed by atoms with Gasteiger partial charge in [0.1, 0.15) is 22.1 Å². The van der Waals surface area contributed by atoms with Crippen molar-refractivity contribution in [2.75, 3.05) is 36.0 Å². The second-order valence-corrected chi connectivity index (χ2v) is 47.5. The summed E-state index contributed by atoms with van der Waals surface area (Å²) in [4.78, 5) is 54.0. The van der Waals surface area contributed by atoms with Crippen molar-refractivity contribution < 1.29 is 9.15 Å². The topological polar surface area (TPSA) is 131 Å². The fourth-order valence-electron chi connectivity index (χ4n) is 21.2. The number of allylic oxidation sites excluding steroid dienone is 6. The summed E-state index contributed by atoms with van der Waals surface area (Å²) in [6, 6.07) is 77.7. The zero-order valence-electron chi connectivity index (χ0n) is 83.8. The van der Waals surface area contributed by atoms with Crippen LogP contribution < -0.4 is 26.3 Å². The van der Waals surface area contributed by atoms with E-state index in [0.29, 0.717) is 49.5 Å². The summed E-state index contributed by atoms with van der Waals surface area (Å²) in [5.41, 5.74) is 22.8. The van der Waals surface area contributed by atoms with Crippen molar-refractivity contribution in [2.45, 2.75) is 228 Å². The van der Waals surface area contributed by atoms with Crippen LogP contribution in [0.1, 0.15) is 235 Å². The van der Waals surface area contributed by atoms with Gasteiger partial charge in [0.05, 0.1) is 50.5 Å². The molecule has 0 radical (unpaired) electrons. The number of hydrogen-bond donors (Lipinski definition) is 0. The van der Waals surface area contributed by atoms with Gasteiger partial charge in [0.25, 0.3) is 5.70 Å². The molecule has 0 N–H and O–H groups in total. The van der Waals surface area contributed by atoms with Gasteiger partial charge >= 0.3 is 5.63 Å². The Labute approximate surface area is 809 Å². The van der Waals surface area contributed by atoms with Crippen LogP contribution in [0.15, 0.2) is 278 Å². The third kappa shape index (κ3) is 16.7. The number of fused-ring (bicyclic) bond motifs is 9. The zero-order valence-corrected chi connectivity index (χ0v) is 84.6. The summed E-state index contributed by atoms with van der Waals surface area (Å²) >= 11 is 1.54. The standard InChI is InChI=1S/C36H44.C32H20N2O2.C30H35N3O.C26H26N2O2S/c1-33(2,3)23-13-21-14-24(34(4,5)6)19-29-30-20-26(36(10,11)12)16-22-15-25(35(7,8)9)18-28(32(22)30)27(17-23)31(21)29;35-31-23-15-7-9-17-27(23)33(21-11-3-1-4-12-21)29-19-26-30(20-25(29)31)34(22-13-5-2-6-14-22)28-18-10-8-16-24(28)32(26)36;1-28(2,3)26-18-21(25(19-31)32-8)17-22(34-26)10-9-20-15-23-27-24(16-20)30(6,7)12-14-33(27)13-11-29(23,4)5;1-25(2)9-11-28-12-10-26(3,4)20-21(28)17(25)14-15-13-16(24(29)30-22(15)20)23-27-18-7-5-6-8-19(18)31-23/h13-20H,1-12H3;1-20H;9-10,15-18H,11-14H2,1-7H3;5-8,13-14H,9-12H2,1-4H3/b;;10-9+,25-21+;. The SMILES string of the molecule is CC(C)(C)c1cc2cc(C(C)(C)C)cc3c4cc(C(C)(C)C)cc5cc(C(C)(C)C)cc(c(c1)c23)c54.CC1(C)CCN2CCC(C)(C)c3c2c1cc1cc(-c2nc4ccccc4s2)c(=O)oc31.O=c1c2ccccc2n(-c2ccccc2)c2cc3c(=O)c4ccccc4n(-c4ccccc4)c3cc12.[C-]#[N+]/C(C#N)=C1C=C(/C=C/c2cc3c4c(c2)C(C)(C)CCN4CCC3(C)C)OC(C(C)(C)C)=C\1. The van der Waals surface area contributed by atoms with Crippen molar-refractivity contribution >= 4 is 137 Å². The largest absolute Gasteiger partial charge is 0.461 e. The van der Waals surface area contributed by atoms with E-state index in [-0.39, 0.29) is 70.9 Å². The minimum Gasteiger partial charge on any atom is -0.461 e. The number of ether oxygens (including phenoxy) is 1. The predicted octanol–water partition coefficient (Wildman–Crippen LogP) is 31.2. The van der Waals surface area contributed by atoms with Crippen LogP contribution in [-0.4, -0.2) is 40.3 Å². The first-order chi connectivity index (χ1) is 64.7. The van der Waals surface area contributed by atoms with Gasteiger partial charge in [0.15, 0.2) is 10.9 Å². The highest BCUT2D eigenvalue weighted by Gasteiger charge is 2.44. The van der Waals surface area contributed by atoms with Crippen LogP contribution in [0.25, 0.3) is 141 Å². The summed E-state index contributed by atoms with van der Waals surface area (Å²) in [6.07, 6.45) is 12.2. The van der Waals surface area contributed by atoms with Gasteiger partial charge in [-0.2, -0.15) is 0 Å². The number of pyridine rings is 2. The first kappa shape index (κ1) is 92.6. The molecule has 5 aliphatic heterocycles. The molecular formula is C124H125N7O5S. The molecule has 0 saturated carbocycles. The molecule has 12 nitrogen and oxygen atoms in total. The van der Waals surface area contributed by atoms with E-state index < -0.39 is 0 Å².